The minimum atomic E-state index is -0.594. The van der Waals surface area contributed by atoms with Crippen molar-refractivity contribution in [3.05, 3.63) is 70.7 Å². The van der Waals surface area contributed by atoms with Gasteiger partial charge in [0.25, 0.3) is 5.91 Å². The Labute approximate surface area is 122 Å². The number of rotatable bonds is 4. The van der Waals surface area contributed by atoms with Crippen molar-refractivity contribution >= 4 is 23.3 Å². The first-order valence-electron chi connectivity index (χ1n) is 6.23. The molecule has 1 N–H and O–H groups in total. The number of benzene rings is 2. The third kappa shape index (κ3) is 3.45. The van der Waals surface area contributed by atoms with Crippen molar-refractivity contribution in [3.8, 4) is 0 Å². The summed E-state index contributed by atoms with van der Waals surface area (Å²) in [6.45, 7) is 1.66. The molecule has 1 unspecified atom stereocenters. The third-order valence-electron chi connectivity index (χ3n) is 2.91. The molecular weight excluding hydrogens is 274 g/mol. The number of hydrogen-bond donors (Lipinski definition) is 1. The van der Waals surface area contributed by atoms with Crippen molar-refractivity contribution in [2.45, 2.75) is 13.0 Å². The number of Topliss-reactive ketones (excluding diaryl/α,β-unsaturated/α-hetero) is 1. The Kier molecular flexibility index (Phi) is 4.53. The van der Waals surface area contributed by atoms with Gasteiger partial charge in [0.2, 0.25) is 0 Å². The zero-order valence-electron chi connectivity index (χ0n) is 11.0. The predicted molar refractivity (Wildman–Crippen MR) is 79.2 cm³/mol. The molecule has 0 saturated heterocycles. The molecule has 2 aromatic carbocycles. The van der Waals surface area contributed by atoms with Crippen LogP contribution in [-0.2, 0) is 0 Å². The average Bonchev–Trinajstić information content (AvgIpc) is 2.48. The van der Waals surface area contributed by atoms with E-state index < -0.39 is 6.04 Å². The molecule has 2 aromatic rings. The zero-order valence-corrected chi connectivity index (χ0v) is 11.7. The zero-order chi connectivity index (χ0) is 14.5. The number of nitrogens with one attached hydrogen (secondary N) is 1. The Morgan fingerprint density at radius 3 is 2.15 bits per heavy atom. The van der Waals surface area contributed by atoms with Gasteiger partial charge in [-0.3, -0.25) is 9.59 Å². The van der Waals surface area contributed by atoms with Gasteiger partial charge in [0.1, 0.15) is 0 Å². The van der Waals surface area contributed by atoms with Gasteiger partial charge >= 0.3 is 0 Å². The van der Waals surface area contributed by atoms with E-state index in [-0.39, 0.29) is 11.7 Å². The molecule has 0 spiro atoms. The van der Waals surface area contributed by atoms with Gasteiger partial charge in [0, 0.05) is 16.1 Å². The van der Waals surface area contributed by atoms with Gasteiger partial charge in [-0.05, 0) is 43.3 Å². The fourth-order valence-electron chi connectivity index (χ4n) is 1.80. The van der Waals surface area contributed by atoms with E-state index in [1.807, 2.05) is 6.07 Å². The topological polar surface area (TPSA) is 46.2 Å². The van der Waals surface area contributed by atoms with E-state index in [0.29, 0.717) is 16.1 Å². The highest BCUT2D eigenvalue weighted by Gasteiger charge is 2.17. The molecule has 1 amide bonds. The summed E-state index contributed by atoms with van der Waals surface area (Å²) in [5, 5.41) is 3.26. The van der Waals surface area contributed by atoms with Crippen molar-refractivity contribution in [2.24, 2.45) is 0 Å². The summed E-state index contributed by atoms with van der Waals surface area (Å²) >= 11 is 5.78. The first-order chi connectivity index (χ1) is 9.58. The molecular formula is C16H14ClNO2. The summed E-state index contributed by atoms with van der Waals surface area (Å²) < 4.78 is 0. The highest BCUT2D eigenvalue weighted by molar-refractivity contribution is 6.30. The van der Waals surface area contributed by atoms with Crippen molar-refractivity contribution in [2.75, 3.05) is 0 Å². The fraction of sp³-hybridized carbons (Fsp3) is 0.125. The van der Waals surface area contributed by atoms with Crippen LogP contribution in [0.25, 0.3) is 0 Å². The first-order valence-corrected chi connectivity index (χ1v) is 6.61. The van der Waals surface area contributed by atoms with Crippen LogP contribution >= 0.6 is 11.6 Å². The van der Waals surface area contributed by atoms with Gasteiger partial charge in [0.05, 0.1) is 6.04 Å². The number of ketones is 1. The van der Waals surface area contributed by atoms with Crippen molar-refractivity contribution in [3.63, 3.8) is 0 Å². The Bertz CT molecular complexity index is 608. The molecule has 0 aliphatic carbocycles. The summed E-state index contributed by atoms with van der Waals surface area (Å²) in [6.07, 6.45) is 0. The minimum Gasteiger partial charge on any atom is -0.342 e. The average molecular weight is 288 g/mol. The highest BCUT2D eigenvalue weighted by Crippen LogP contribution is 2.11. The number of amides is 1. The van der Waals surface area contributed by atoms with Gasteiger partial charge in [0.15, 0.2) is 5.78 Å². The van der Waals surface area contributed by atoms with Crippen LogP contribution in [0.3, 0.4) is 0 Å². The molecule has 4 heteroatoms. The van der Waals surface area contributed by atoms with Crippen LogP contribution in [0.4, 0.5) is 0 Å². The maximum absolute atomic E-state index is 12.2. The molecule has 0 saturated carbocycles. The monoisotopic (exact) mass is 287 g/mol. The molecule has 0 fully saturated rings. The van der Waals surface area contributed by atoms with E-state index in [1.165, 1.54) is 0 Å². The molecule has 20 heavy (non-hydrogen) atoms. The lowest BCUT2D eigenvalue weighted by Gasteiger charge is -2.13. The van der Waals surface area contributed by atoms with Gasteiger partial charge in [-0.1, -0.05) is 29.8 Å². The lowest BCUT2D eigenvalue weighted by Crippen LogP contribution is -2.38. The molecule has 0 aromatic heterocycles. The molecule has 2 rings (SSSR count). The predicted octanol–water partition coefficient (Wildman–Crippen LogP) is 3.34. The van der Waals surface area contributed by atoms with Crippen LogP contribution in [0.1, 0.15) is 27.6 Å². The molecule has 1 atom stereocenters. The second-order valence-corrected chi connectivity index (χ2v) is 4.87. The largest absolute Gasteiger partial charge is 0.342 e. The Balaban J connectivity index is 2.05. The van der Waals surface area contributed by atoms with Crippen LogP contribution in [0.2, 0.25) is 5.02 Å². The number of carbonyl (C=O) groups is 2. The standard InChI is InChI=1S/C16H14ClNO2/c1-11(15(19)12-7-9-14(17)10-8-12)18-16(20)13-5-3-2-4-6-13/h2-11H,1H3,(H,18,20). The maximum atomic E-state index is 12.2. The van der Waals surface area contributed by atoms with Crippen LogP contribution < -0.4 is 5.32 Å². The third-order valence-corrected chi connectivity index (χ3v) is 3.16. The quantitative estimate of drug-likeness (QED) is 0.877. The SMILES string of the molecule is CC(NC(=O)c1ccccc1)C(=O)c1ccc(Cl)cc1. The van der Waals surface area contributed by atoms with Gasteiger partial charge in [-0.25, -0.2) is 0 Å². The molecule has 0 heterocycles. The summed E-state index contributed by atoms with van der Waals surface area (Å²) in [5.41, 5.74) is 1.05. The summed E-state index contributed by atoms with van der Waals surface area (Å²) in [4.78, 5) is 24.1. The van der Waals surface area contributed by atoms with E-state index in [1.54, 1.807) is 55.5 Å². The van der Waals surface area contributed by atoms with E-state index in [4.69, 9.17) is 11.6 Å². The second-order valence-electron chi connectivity index (χ2n) is 4.43. The molecule has 3 nitrogen and oxygen atoms in total. The highest BCUT2D eigenvalue weighted by atomic mass is 35.5. The van der Waals surface area contributed by atoms with E-state index in [0.717, 1.165) is 0 Å². The van der Waals surface area contributed by atoms with Crippen LogP contribution in [0, 0.1) is 0 Å². The molecule has 0 radical (unpaired) electrons. The normalized spacial score (nSPS) is 11.7. The second kappa shape index (κ2) is 6.35. The van der Waals surface area contributed by atoms with E-state index >= 15 is 0 Å². The fourth-order valence-corrected chi connectivity index (χ4v) is 1.93. The number of halogens is 1. The smallest absolute Gasteiger partial charge is 0.251 e. The minimum absolute atomic E-state index is 0.147. The maximum Gasteiger partial charge on any atom is 0.251 e. The van der Waals surface area contributed by atoms with Gasteiger partial charge in [-0.2, -0.15) is 0 Å². The van der Waals surface area contributed by atoms with E-state index in [9.17, 15) is 9.59 Å². The summed E-state index contributed by atoms with van der Waals surface area (Å²) in [6, 6.07) is 14.8. The Morgan fingerprint density at radius 2 is 1.55 bits per heavy atom. The van der Waals surface area contributed by atoms with Gasteiger partial charge in [-0.15, -0.1) is 0 Å². The number of hydrogen-bond acceptors (Lipinski definition) is 2. The number of carbonyl (C=O) groups excluding carboxylic acids is 2. The Morgan fingerprint density at radius 1 is 0.950 bits per heavy atom. The molecule has 0 bridgehead atoms. The van der Waals surface area contributed by atoms with Gasteiger partial charge < -0.3 is 5.32 Å². The lowest BCUT2D eigenvalue weighted by molar-refractivity contribution is 0.0865. The lowest BCUT2D eigenvalue weighted by atomic mass is 10.1. The first kappa shape index (κ1) is 14.3. The van der Waals surface area contributed by atoms with Crippen LogP contribution in [0.5, 0.6) is 0 Å². The molecule has 102 valence electrons. The van der Waals surface area contributed by atoms with Crippen molar-refractivity contribution in [1.82, 2.24) is 5.32 Å². The summed E-state index contributed by atoms with van der Waals surface area (Å²) in [7, 11) is 0. The summed E-state index contributed by atoms with van der Waals surface area (Å²) in [5.74, 6) is -0.411. The molecule has 0 aliphatic heterocycles. The Hall–Kier alpha value is -2.13. The van der Waals surface area contributed by atoms with Crippen LogP contribution in [0.15, 0.2) is 54.6 Å². The van der Waals surface area contributed by atoms with Crippen molar-refractivity contribution in [1.29, 1.82) is 0 Å². The van der Waals surface area contributed by atoms with E-state index in [2.05, 4.69) is 5.32 Å². The van der Waals surface area contributed by atoms with Crippen LogP contribution in [-0.4, -0.2) is 17.7 Å². The molecule has 0 aliphatic rings. The van der Waals surface area contributed by atoms with Crippen molar-refractivity contribution < 1.29 is 9.59 Å².